The van der Waals surface area contributed by atoms with Crippen LogP contribution in [-0.4, -0.2) is 31.7 Å². The number of anilines is 1. The number of nitrogens with two attached hydrogens (primary N) is 1. The maximum Gasteiger partial charge on any atom is 0.307 e. The Hall–Kier alpha value is -4.21. The van der Waals surface area contributed by atoms with E-state index in [9.17, 15) is 18.0 Å². The number of sulfone groups is 1. The molecule has 0 radical (unpaired) electrons. The van der Waals surface area contributed by atoms with Crippen LogP contribution in [0.2, 0.25) is 0 Å². The number of benzene rings is 4. The van der Waals surface area contributed by atoms with Gasteiger partial charge in [0.05, 0.1) is 6.42 Å². The van der Waals surface area contributed by atoms with E-state index in [2.05, 4.69) is 5.32 Å². The fraction of sp³-hybridized carbons (Fsp3) is 0.111. The zero-order valence-electron chi connectivity index (χ0n) is 19.3. The molecule has 0 saturated carbocycles. The number of carbonyl (C=O) groups excluding carboxylic acids is 1. The number of aliphatic carboxylic acids is 1. The molecule has 4 aromatic rings. The molecule has 0 spiro atoms. The highest BCUT2D eigenvalue weighted by molar-refractivity contribution is 7.90. The Balaban J connectivity index is 1.53. The lowest BCUT2D eigenvalue weighted by Gasteiger charge is -2.17. The summed E-state index contributed by atoms with van der Waals surface area (Å²) in [6, 6.07) is 24.3. The summed E-state index contributed by atoms with van der Waals surface area (Å²) in [5.74, 6) is -0.824. The molecular weight excluding hydrogens is 480 g/mol. The van der Waals surface area contributed by atoms with Gasteiger partial charge in [0.15, 0.2) is 9.84 Å². The maximum atomic E-state index is 12.7. The van der Waals surface area contributed by atoms with E-state index in [-0.39, 0.29) is 23.6 Å². The van der Waals surface area contributed by atoms with Gasteiger partial charge in [-0.3, -0.25) is 9.59 Å². The highest BCUT2D eigenvalue weighted by Gasteiger charge is 2.23. The minimum Gasteiger partial charge on any atom is -0.481 e. The summed E-state index contributed by atoms with van der Waals surface area (Å²) in [6.07, 6.45) is 0.707. The largest absolute Gasteiger partial charge is 0.481 e. The van der Waals surface area contributed by atoms with Crippen LogP contribution in [-0.2, 0) is 21.1 Å². The molecule has 36 heavy (non-hydrogen) atoms. The van der Waals surface area contributed by atoms with Crippen LogP contribution < -0.4 is 15.8 Å². The van der Waals surface area contributed by atoms with Crippen LogP contribution in [0.15, 0.2) is 84.9 Å². The van der Waals surface area contributed by atoms with Gasteiger partial charge in [0.1, 0.15) is 16.9 Å². The Morgan fingerprint density at radius 3 is 2.31 bits per heavy atom. The Morgan fingerprint density at radius 1 is 0.944 bits per heavy atom. The van der Waals surface area contributed by atoms with Crippen LogP contribution in [0.4, 0.5) is 5.69 Å². The fourth-order valence-corrected chi connectivity index (χ4v) is 4.35. The van der Waals surface area contributed by atoms with Gasteiger partial charge in [-0.25, -0.2) is 8.42 Å². The van der Waals surface area contributed by atoms with E-state index in [4.69, 9.17) is 15.6 Å². The highest BCUT2D eigenvalue weighted by atomic mass is 32.2. The van der Waals surface area contributed by atoms with Gasteiger partial charge in [0.25, 0.3) is 5.91 Å². The molecule has 1 atom stereocenters. The summed E-state index contributed by atoms with van der Waals surface area (Å²) < 4.78 is 30.0. The topological polar surface area (TPSA) is 136 Å². The number of hydrogen-bond donors (Lipinski definition) is 3. The van der Waals surface area contributed by atoms with Gasteiger partial charge in [0.2, 0.25) is 0 Å². The van der Waals surface area contributed by atoms with Crippen LogP contribution in [0.5, 0.6) is 11.5 Å². The number of ether oxygens (including phenoxy) is 1. The van der Waals surface area contributed by atoms with E-state index in [0.717, 1.165) is 17.0 Å². The molecule has 0 aliphatic carbocycles. The molecule has 184 valence electrons. The molecule has 4 aromatic carbocycles. The Morgan fingerprint density at radius 2 is 1.64 bits per heavy atom. The van der Waals surface area contributed by atoms with E-state index in [1.54, 1.807) is 24.3 Å². The SMILES string of the molecule is CS(=O)(=O)C(N)c1cc(CC(=O)O)ccc1Oc1ccc(C(=O)Nc2ccc3ccccc3c2)cc1. The predicted molar refractivity (Wildman–Crippen MR) is 138 cm³/mol. The first kappa shape index (κ1) is 24.9. The number of carboxylic acid groups (broad SMARTS) is 1. The molecule has 4 N–H and O–H groups in total. The van der Waals surface area contributed by atoms with Crippen LogP contribution in [0.25, 0.3) is 10.8 Å². The normalized spacial score (nSPS) is 12.2. The minimum atomic E-state index is -3.68. The molecule has 4 rings (SSSR count). The second-order valence-corrected chi connectivity index (χ2v) is 10.5. The van der Waals surface area contributed by atoms with Crippen molar-refractivity contribution in [2.75, 3.05) is 11.6 Å². The maximum absolute atomic E-state index is 12.7. The van der Waals surface area contributed by atoms with Crippen LogP contribution in [0, 0.1) is 0 Å². The minimum absolute atomic E-state index is 0.148. The number of carboxylic acids is 1. The Bertz CT molecular complexity index is 1550. The van der Waals surface area contributed by atoms with Crippen molar-refractivity contribution in [3.63, 3.8) is 0 Å². The number of rotatable bonds is 8. The van der Waals surface area contributed by atoms with Crippen molar-refractivity contribution < 1.29 is 27.9 Å². The van der Waals surface area contributed by atoms with E-state index in [1.807, 2.05) is 42.5 Å². The van der Waals surface area contributed by atoms with Crippen molar-refractivity contribution in [2.45, 2.75) is 11.8 Å². The zero-order chi connectivity index (χ0) is 25.9. The van der Waals surface area contributed by atoms with Crippen molar-refractivity contribution in [1.82, 2.24) is 0 Å². The standard InChI is InChI=1S/C27H24N2O6S/c1-36(33,34)26(28)23-14-17(15-25(30)31)6-13-24(23)35-22-11-8-19(9-12-22)27(32)29-21-10-7-18-4-2-3-5-20(18)16-21/h2-14,16,26H,15,28H2,1H3,(H,29,32)(H,30,31). The molecule has 1 unspecified atom stereocenters. The Kier molecular flexibility index (Phi) is 7.05. The molecular formula is C27H24N2O6S. The molecule has 0 aliphatic rings. The van der Waals surface area contributed by atoms with Crippen LogP contribution in [0.1, 0.15) is 26.9 Å². The lowest BCUT2D eigenvalue weighted by Crippen LogP contribution is -2.21. The molecule has 0 aromatic heterocycles. The second-order valence-electron chi connectivity index (χ2n) is 8.34. The van der Waals surface area contributed by atoms with Crippen molar-refractivity contribution in [3.8, 4) is 11.5 Å². The number of nitrogens with one attached hydrogen (secondary N) is 1. The summed E-state index contributed by atoms with van der Waals surface area (Å²) in [6.45, 7) is 0. The lowest BCUT2D eigenvalue weighted by atomic mass is 10.1. The predicted octanol–water partition coefficient (Wildman–Crippen LogP) is 4.51. The van der Waals surface area contributed by atoms with Crippen molar-refractivity contribution >= 4 is 38.2 Å². The van der Waals surface area contributed by atoms with Gasteiger partial charge < -0.3 is 20.9 Å². The zero-order valence-corrected chi connectivity index (χ0v) is 20.2. The van der Waals surface area contributed by atoms with Crippen molar-refractivity contribution in [1.29, 1.82) is 0 Å². The number of hydrogen-bond acceptors (Lipinski definition) is 6. The summed E-state index contributed by atoms with van der Waals surface area (Å²) in [5.41, 5.74) is 7.54. The van der Waals surface area contributed by atoms with Crippen molar-refractivity contribution in [2.24, 2.45) is 5.73 Å². The Labute approximate surface area is 208 Å². The summed E-state index contributed by atoms with van der Waals surface area (Å²) in [5, 5.41) is 12.6. The molecule has 0 aliphatic heterocycles. The van der Waals surface area contributed by atoms with Gasteiger partial charge in [-0.1, -0.05) is 36.4 Å². The quantitative estimate of drug-likeness (QED) is 0.321. The van der Waals surface area contributed by atoms with Gasteiger partial charge in [0, 0.05) is 23.1 Å². The van der Waals surface area contributed by atoms with E-state index in [0.29, 0.717) is 22.6 Å². The first-order chi connectivity index (χ1) is 17.1. The highest BCUT2D eigenvalue weighted by Crippen LogP contribution is 2.32. The van der Waals surface area contributed by atoms with Crippen LogP contribution in [0.3, 0.4) is 0 Å². The first-order valence-corrected chi connectivity index (χ1v) is 12.9. The molecule has 8 nitrogen and oxygen atoms in total. The molecule has 0 bridgehead atoms. The fourth-order valence-electron chi connectivity index (χ4n) is 3.70. The summed E-state index contributed by atoms with van der Waals surface area (Å²) in [7, 11) is -3.68. The monoisotopic (exact) mass is 504 g/mol. The summed E-state index contributed by atoms with van der Waals surface area (Å²) in [4.78, 5) is 23.8. The van der Waals surface area contributed by atoms with Gasteiger partial charge >= 0.3 is 5.97 Å². The molecule has 0 saturated heterocycles. The summed E-state index contributed by atoms with van der Waals surface area (Å²) >= 11 is 0. The first-order valence-electron chi connectivity index (χ1n) is 11.0. The molecule has 0 heterocycles. The molecule has 1 amide bonds. The average molecular weight is 505 g/mol. The lowest BCUT2D eigenvalue weighted by molar-refractivity contribution is -0.136. The van der Waals surface area contributed by atoms with Crippen LogP contribution >= 0.6 is 0 Å². The number of carbonyl (C=O) groups is 2. The van der Waals surface area contributed by atoms with Gasteiger partial charge in [-0.05, 0) is 64.9 Å². The van der Waals surface area contributed by atoms with Gasteiger partial charge in [-0.2, -0.15) is 0 Å². The number of amides is 1. The van der Waals surface area contributed by atoms with Crippen molar-refractivity contribution in [3.05, 3.63) is 102 Å². The van der Waals surface area contributed by atoms with E-state index < -0.39 is 21.2 Å². The van der Waals surface area contributed by atoms with E-state index in [1.165, 1.54) is 18.2 Å². The average Bonchev–Trinajstić information content (AvgIpc) is 2.84. The van der Waals surface area contributed by atoms with E-state index >= 15 is 0 Å². The molecule has 0 fully saturated rings. The van der Waals surface area contributed by atoms with Gasteiger partial charge in [-0.15, -0.1) is 0 Å². The molecule has 9 heteroatoms. The third kappa shape index (κ3) is 5.88. The third-order valence-electron chi connectivity index (χ3n) is 5.55. The third-order valence-corrected chi connectivity index (χ3v) is 6.73. The number of fused-ring (bicyclic) bond motifs is 1. The second kappa shape index (κ2) is 10.2. The smallest absolute Gasteiger partial charge is 0.307 e.